The van der Waals surface area contributed by atoms with Gasteiger partial charge in [0.25, 0.3) is 0 Å². The molecular weight excluding hydrogens is 453 g/mol. The Morgan fingerprint density at radius 1 is 1.24 bits per heavy atom. The molecule has 0 aliphatic carbocycles. The predicted octanol–water partition coefficient (Wildman–Crippen LogP) is 3.01. The number of ether oxygens (including phenoxy) is 1. The summed E-state index contributed by atoms with van der Waals surface area (Å²) in [5.41, 5.74) is 1.59. The van der Waals surface area contributed by atoms with E-state index in [9.17, 15) is 4.79 Å². The van der Waals surface area contributed by atoms with Crippen LogP contribution in [0.3, 0.4) is 0 Å². The van der Waals surface area contributed by atoms with Gasteiger partial charge in [-0.3, -0.25) is 4.79 Å². The summed E-state index contributed by atoms with van der Waals surface area (Å²) in [6.07, 6.45) is 0. The van der Waals surface area contributed by atoms with Gasteiger partial charge in [0.1, 0.15) is 5.75 Å². The highest BCUT2D eigenvalue weighted by Crippen LogP contribution is 2.21. The van der Waals surface area contributed by atoms with Crippen LogP contribution in [0.1, 0.15) is 0 Å². The van der Waals surface area contributed by atoms with Crippen LogP contribution in [0.4, 0.5) is 5.69 Å². The number of halogens is 1. The normalized spacial score (nSPS) is 10.5. The Morgan fingerprint density at radius 3 is 2.72 bits per heavy atom. The maximum absolute atomic E-state index is 12.2. The van der Waals surface area contributed by atoms with Gasteiger partial charge in [-0.1, -0.05) is 23.9 Å². The molecule has 0 spiro atoms. The van der Waals surface area contributed by atoms with Crippen molar-refractivity contribution in [3.63, 3.8) is 0 Å². The SMILES string of the molecule is COc1ccc(-n2nnnc2SCC(=O)Nc2ccccc2I)cc1. The smallest absolute Gasteiger partial charge is 0.234 e. The molecule has 1 amide bonds. The van der Waals surface area contributed by atoms with Gasteiger partial charge in [0.15, 0.2) is 0 Å². The Morgan fingerprint density at radius 2 is 2.00 bits per heavy atom. The average Bonchev–Trinajstić information content (AvgIpc) is 3.10. The second-order valence-corrected chi connectivity index (χ2v) is 6.99. The summed E-state index contributed by atoms with van der Waals surface area (Å²) < 4.78 is 7.72. The van der Waals surface area contributed by atoms with Gasteiger partial charge in [-0.2, -0.15) is 4.68 Å². The van der Waals surface area contributed by atoms with Crippen LogP contribution in [-0.2, 0) is 4.79 Å². The van der Waals surface area contributed by atoms with Crippen molar-refractivity contribution in [3.05, 3.63) is 52.1 Å². The quantitative estimate of drug-likeness (QED) is 0.444. The van der Waals surface area contributed by atoms with Crippen LogP contribution in [0.15, 0.2) is 53.7 Å². The Bertz CT molecular complexity index is 869. The number of carbonyl (C=O) groups excluding carboxylic acids is 1. The van der Waals surface area contributed by atoms with Crippen molar-refractivity contribution in [3.8, 4) is 11.4 Å². The predicted molar refractivity (Wildman–Crippen MR) is 104 cm³/mol. The topological polar surface area (TPSA) is 81.9 Å². The highest BCUT2D eigenvalue weighted by Gasteiger charge is 2.12. The largest absolute Gasteiger partial charge is 0.497 e. The van der Waals surface area contributed by atoms with Crippen molar-refractivity contribution >= 4 is 45.9 Å². The molecule has 1 heterocycles. The summed E-state index contributed by atoms with van der Waals surface area (Å²) in [6.45, 7) is 0. The number of methoxy groups -OCH3 is 1. The van der Waals surface area contributed by atoms with E-state index in [4.69, 9.17) is 4.74 Å². The number of nitrogens with one attached hydrogen (secondary N) is 1. The second-order valence-electron chi connectivity index (χ2n) is 4.89. The first-order valence-electron chi connectivity index (χ1n) is 7.27. The Balaban J connectivity index is 1.65. The highest BCUT2D eigenvalue weighted by atomic mass is 127. The maximum atomic E-state index is 12.2. The minimum Gasteiger partial charge on any atom is -0.497 e. The standard InChI is InChI=1S/C16H14IN5O2S/c1-24-12-8-6-11(7-9-12)22-16(19-20-21-22)25-10-15(23)18-14-5-3-2-4-13(14)17/h2-9H,10H2,1H3,(H,18,23). The zero-order chi connectivity index (χ0) is 17.6. The molecule has 7 nitrogen and oxygen atoms in total. The van der Waals surface area contributed by atoms with Gasteiger partial charge in [0.05, 0.1) is 24.2 Å². The van der Waals surface area contributed by atoms with Crippen LogP contribution in [-0.4, -0.2) is 39.0 Å². The zero-order valence-corrected chi connectivity index (χ0v) is 16.2. The van der Waals surface area contributed by atoms with E-state index in [1.54, 1.807) is 11.8 Å². The van der Waals surface area contributed by atoms with Crippen molar-refractivity contribution in [2.45, 2.75) is 5.16 Å². The maximum Gasteiger partial charge on any atom is 0.234 e. The molecule has 9 heteroatoms. The van der Waals surface area contributed by atoms with E-state index in [0.717, 1.165) is 20.7 Å². The van der Waals surface area contributed by atoms with Crippen molar-refractivity contribution in [1.82, 2.24) is 20.2 Å². The number of para-hydroxylation sites is 1. The lowest BCUT2D eigenvalue weighted by molar-refractivity contribution is -0.113. The summed E-state index contributed by atoms with van der Waals surface area (Å²) in [5.74, 6) is 0.850. The molecule has 1 aromatic heterocycles. The molecule has 0 aliphatic heterocycles. The molecule has 2 aromatic carbocycles. The number of anilines is 1. The third-order valence-electron chi connectivity index (χ3n) is 3.24. The summed E-state index contributed by atoms with van der Waals surface area (Å²) >= 11 is 3.46. The fraction of sp³-hybridized carbons (Fsp3) is 0.125. The molecule has 0 saturated heterocycles. The van der Waals surface area contributed by atoms with E-state index in [1.165, 1.54) is 11.8 Å². The molecule has 3 aromatic rings. The molecule has 0 fully saturated rings. The second kappa shape index (κ2) is 8.30. The minimum atomic E-state index is -0.113. The first-order chi connectivity index (χ1) is 12.2. The number of rotatable bonds is 6. The lowest BCUT2D eigenvalue weighted by Gasteiger charge is -2.07. The van der Waals surface area contributed by atoms with Gasteiger partial charge in [0.2, 0.25) is 11.1 Å². The zero-order valence-electron chi connectivity index (χ0n) is 13.2. The number of carbonyl (C=O) groups is 1. The molecular formula is C16H14IN5O2S. The van der Waals surface area contributed by atoms with E-state index in [1.807, 2.05) is 48.5 Å². The summed E-state index contributed by atoms with van der Waals surface area (Å²) in [4.78, 5) is 12.2. The number of thioether (sulfide) groups is 1. The highest BCUT2D eigenvalue weighted by molar-refractivity contribution is 14.1. The lowest BCUT2D eigenvalue weighted by atomic mass is 10.3. The Hall–Kier alpha value is -2.14. The number of nitrogens with zero attached hydrogens (tertiary/aromatic N) is 4. The third kappa shape index (κ3) is 4.48. The van der Waals surface area contributed by atoms with Crippen LogP contribution in [0, 0.1) is 3.57 Å². The van der Waals surface area contributed by atoms with Crippen molar-refractivity contribution in [2.24, 2.45) is 0 Å². The molecule has 0 aliphatic rings. The number of hydrogen-bond donors (Lipinski definition) is 1. The van der Waals surface area contributed by atoms with Crippen LogP contribution >= 0.6 is 34.4 Å². The van der Waals surface area contributed by atoms with E-state index in [2.05, 4.69) is 43.4 Å². The van der Waals surface area contributed by atoms with E-state index >= 15 is 0 Å². The first kappa shape index (κ1) is 17.7. The van der Waals surface area contributed by atoms with Gasteiger partial charge in [-0.05, 0) is 69.4 Å². The van der Waals surface area contributed by atoms with Crippen LogP contribution < -0.4 is 10.1 Å². The van der Waals surface area contributed by atoms with Gasteiger partial charge >= 0.3 is 0 Å². The number of amides is 1. The molecule has 128 valence electrons. The molecule has 0 saturated carbocycles. The lowest BCUT2D eigenvalue weighted by Crippen LogP contribution is -2.15. The molecule has 0 atom stereocenters. The van der Waals surface area contributed by atoms with Crippen molar-refractivity contribution in [2.75, 3.05) is 18.2 Å². The van der Waals surface area contributed by atoms with Crippen molar-refractivity contribution in [1.29, 1.82) is 0 Å². The number of tetrazole rings is 1. The van der Waals surface area contributed by atoms with E-state index in [0.29, 0.717) is 5.16 Å². The Kier molecular flexibility index (Phi) is 5.87. The van der Waals surface area contributed by atoms with E-state index in [-0.39, 0.29) is 11.7 Å². The van der Waals surface area contributed by atoms with E-state index < -0.39 is 0 Å². The minimum absolute atomic E-state index is 0.113. The molecule has 1 N–H and O–H groups in total. The fourth-order valence-electron chi connectivity index (χ4n) is 2.03. The van der Waals surface area contributed by atoms with Crippen molar-refractivity contribution < 1.29 is 9.53 Å². The molecule has 3 rings (SSSR count). The average molecular weight is 467 g/mol. The molecule has 25 heavy (non-hydrogen) atoms. The fourth-order valence-corrected chi connectivity index (χ4v) is 3.25. The molecule has 0 unspecified atom stereocenters. The first-order valence-corrected chi connectivity index (χ1v) is 9.34. The number of aromatic nitrogens is 4. The summed E-state index contributed by atoms with van der Waals surface area (Å²) in [6, 6.07) is 15.0. The van der Waals surface area contributed by atoms with Crippen LogP contribution in [0.5, 0.6) is 5.75 Å². The van der Waals surface area contributed by atoms with Gasteiger partial charge in [0, 0.05) is 3.57 Å². The van der Waals surface area contributed by atoms with Gasteiger partial charge in [-0.25, -0.2) is 0 Å². The molecule has 0 bridgehead atoms. The number of hydrogen-bond acceptors (Lipinski definition) is 6. The molecule has 0 radical (unpaired) electrons. The number of benzene rings is 2. The monoisotopic (exact) mass is 467 g/mol. The summed E-state index contributed by atoms with van der Waals surface area (Å²) in [7, 11) is 1.61. The van der Waals surface area contributed by atoms with Crippen LogP contribution in [0.2, 0.25) is 0 Å². The Labute approximate surface area is 162 Å². The van der Waals surface area contributed by atoms with Gasteiger partial charge < -0.3 is 10.1 Å². The third-order valence-corrected chi connectivity index (χ3v) is 5.10. The summed E-state index contributed by atoms with van der Waals surface area (Å²) in [5, 5.41) is 15.1. The van der Waals surface area contributed by atoms with Gasteiger partial charge in [-0.15, -0.1) is 5.10 Å². The van der Waals surface area contributed by atoms with Crippen LogP contribution in [0.25, 0.3) is 5.69 Å².